The van der Waals surface area contributed by atoms with Crippen molar-refractivity contribution in [3.8, 4) is 0 Å². The summed E-state index contributed by atoms with van der Waals surface area (Å²) in [6.45, 7) is 0.415. The summed E-state index contributed by atoms with van der Waals surface area (Å²) in [5.41, 5.74) is 1.05. The van der Waals surface area contributed by atoms with Gasteiger partial charge in [0, 0.05) is 6.54 Å². The Bertz CT molecular complexity index is 474. The number of hydrogen-bond donors (Lipinski definition) is 2. The van der Waals surface area contributed by atoms with Crippen LogP contribution in [0.2, 0.25) is 0 Å². The van der Waals surface area contributed by atoms with Crippen molar-refractivity contribution in [2.24, 2.45) is 0 Å². The second kappa shape index (κ2) is 6.52. The molecular weight excluding hydrogens is 258 g/mol. The van der Waals surface area contributed by atoms with Gasteiger partial charge < -0.3 is 15.1 Å². The molecule has 108 valence electrons. The van der Waals surface area contributed by atoms with Crippen molar-refractivity contribution in [1.29, 1.82) is 0 Å². The van der Waals surface area contributed by atoms with Crippen molar-refractivity contribution in [2.45, 2.75) is 37.8 Å². The monoisotopic (exact) mass is 277 g/mol. The molecule has 1 aromatic carbocycles. The molecule has 1 fully saturated rings. The fraction of sp³-hybridized carbons (Fsp3) is 0.467. The zero-order valence-corrected chi connectivity index (χ0v) is 11.2. The number of aliphatic hydroxyl groups is 1. The molecule has 0 radical (unpaired) electrons. The number of aliphatic carboxylic acids is 1. The van der Waals surface area contributed by atoms with Crippen molar-refractivity contribution in [3.63, 3.8) is 0 Å². The Labute approximate surface area is 117 Å². The van der Waals surface area contributed by atoms with Gasteiger partial charge in [0.1, 0.15) is 12.1 Å². The van der Waals surface area contributed by atoms with Crippen molar-refractivity contribution in [1.82, 2.24) is 4.90 Å². The van der Waals surface area contributed by atoms with Crippen LogP contribution in [0.3, 0.4) is 0 Å². The molecule has 5 heteroatoms. The molecule has 0 saturated carbocycles. The maximum Gasteiger partial charge on any atom is 0.326 e. The van der Waals surface area contributed by atoms with Crippen molar-refractivity contribution >= 4 is 11.9 Å². The molecule has 5 nitrogen and oxygen atoms in total. The molecule has 0 aliphatic carbocycles. The lowest BCUT2D eigenvalue weighted by Crippen LogP contribution is -2.45. The Morgan fingerprint density at radius 3 is 2.65 bits per heavy atom. The third-order valence-electron chi connectivity index (χ3n) is 3.66. The average Bonchev–Trinajstić information content (AvgIpc) is 2.94. The van der Waals surface area contributed by atoms with Crippen LogP contribution in [0.5, 0.6) is 0 Å². The third-order valence-corrected chi connectivity index (χ3v) is 3.66. The summed E-state index contributed by atoms with van der Waals surface area (Å²) in [7, 11) is 0. The molecule has 20 heavy (non-hydrogen) atoms. The van der Waals surface area contributed by atoms with E-state index in [1.165, 1.54) is 4.90 Å². The van der Waals surface area contributed by atoms with E-state index in [1.807, 2.05) is 30.3 Å². The van der Waals surface area contributed by atoms with Crippen LogP contribution in [0.25, 0.3) is 0 Å². The highest BCUT2D eigenvalue weighted by Crippen LogP contribution is 2.19. The molecule has 1 heterocycles. The molecule has 2 rings (SSSR count). The number of likely N-dealkylation sites (tertiary alicyclic amines) is 1. The van der Waals surface area contributed by atoms with Gasteiger partial charge in [-0.15, -0.1) is 0 Å². The second-order valence-electron chi connectivity index (χ2n) is 5.07. The Morgan fingerprint density at radius 2 is 2.00 bits per heavy atom. The summed E-state index contributed by atoms with van der Waals surface area (Å²) in [6.07, 6.45) is 0.918. The zero-order valence-electron chi connectivity index (χ0n) is 11.2. The lowest BCUT2D eigenvalue weighted by atomic mass is 10.1. The van der Waals surface area contributed by atoms with Crippen LogP contribution in [0.15, 0.2) is 30.3 Å². The molecule has 1 saturated heterocycles. The molecule has 0 aromatic heterocycles. The number of benzene rings is 1. The SMILES string of the molecule is O=C(O)[C@@H]1CCCN1C(=O)C(O)CCc1ccccc1. The predicted molar refractivity (Wildman–Crippen MR) is 73.1 cm³/mol. The van der Waals surface area contributed by atoms with Crippen LogP contribution in [0.4, 0.5) is 0 Å². The summed E-state index contributed by atoms with van der Waals surface area (Å²) in [5.74, 6) is -1.46. The first-order valence-electron chi connectivity index (χ1n) is 6.85. The first kappa shape index (κ1) is 14.5. The standard InChI is InChI=1S/C15H19NO4/c17-13(9-8-11-5-2-1-3-6-11)14(18)16-10-4-7-12(16)15(19)20/h1-3,5-6,12-13,17H,4,7-10H2,(H,19,20)/t12-,13?/m0/s1. The molecule has 1 unspecified atom stereocenters. The summed E-state index contributed by atoms with van der Waals surface area (Å²) in [6, 6.07) is 8.82. The van der Waals surface area contributed by atoms with Gasteiger partial charge >= 0.3 is 5.97 Å². The number of rotatable bonds is 5. The molecule has 2 N–H and O–H groups in total. The van der Waals surface area contributed by atoms with E-state index < -0.39 is 24.0 Å². The van der Waals surface area contributed by atoms with Gasteiger partial charge in [0.2, 0.25) is 0 Å². The van der Waals surface area contributed by atoms with Gasteiger partial charge in [0.25, 0.3) is 5.91 Å². The minimum absolute atomic E-state index is 0.311. The largest absolute Gasteiger partial charge is 0.480 e. The fourth-order valence-corrected chi connectivity index (χ4v) is 2.55. The smallest absolute Gasteiger partial charge is 0.326 e. The lowest BCUT2D eigenvalue weighted by molar-refractivity contribution is -0.152. The van der Waals surface area contributed by atoms with Crippen LogP contribution >= 0.6 is 0 Å². The summed E-state index contributed by atoms with van der Waals surface area (Å²) < 4.78 is 0. The number of carboxylic acid groups (broad SMARTS) is 1. The number of carbonyl (C=O) groups is 2. The zero-order chi connectivity index (χ0) is 14.5. The van der Waals surface area contributed by atoms with Gasteiger partial charge in [-0.05, 0) is 31.2 Å². The van der Waals surface area contributed by atoms with E-state index >= 15 is 0 Å². The number of hydrogen-bond acceptors (Lipinski definition) is 3. The molecule has 0 spiro atoms. The van der Waals surface area contributed by atoms with Crippen LogP contribution in [-0.2, 0) is 16.0 Å². The number of carbonyl (C=O) groups excluding carboxylic acids is 1. The highest BCUT2D eigenvalue weighted by atomic mass is 16.4. The summed E-state index contributed by atoms with van der Waals surface area (Å²) in [4.78, 5) is 24.4. The number of aryl methyl sites for hydroxylation is 1. The van der Waals surface area contributed by atoms with E-state index in [0.29, 0.717) is 32.2 Å². The van der Waals surface area contributed by atoms with E-state index in [2.05, 4.69) is 0 Å². The van der Waals surface area contributed by atoms with Crippen molar-refractivity contribution in [3.05, 3.63) is 35.9 Å². The minimum atomic E-state index is -1.13. The quantitative estimate of drug-likeness (QED) is 0.843. The van der Waals surface area contributed by atoms with E-state index in [-0.39, 0.29) is 0 Å². The van der Waals surface area contributed by atoms with Gasteiger partial charge in [0.05, 0.1) is 0 Å². The van der Waals surface area contributed by atoms with Crippen LogP contribution in [-0.4, -0.2) is 45.7 Å². The molecule has 2 atom stereocenters. The highest BCUT2D eigenvalue weighted by Gasteiger charge is 2.36. The average molecular weight is 277 g/mol. The predicted octanol–water partition coefficient (Wildman–Crippen LogP) is 1.06. The van der Waals surface area contributed by atoms with Gasteiger partial charge in [0.15, 0.2) is 0 Å². The first-order valence-corrected chi connectivity index (χ1v) is 6.85. The topological polar surface area (TPSA) is 77.8 Å². The molecular formula is C15H19NO4. The van der Waals surface area contributed by atoms with E-state index in [1.54, 1.807) is 0 Å². The Balaban J connectivity index is 1.90. The normalized spacial score (nSPS) is 19.9. The van der Waals surface area contributed by atoms with Crippen LogP contribution in [0.1, 0.15) is 24.8 Å². The summed E-state index contributed by atoms with van der Waals surface area (Å²) in [5, 5.41) is 19.0. The van der Waals surface area contributed by atoms with Gasteiger partial charge in [-0.3, -0.25) is 4.79 Å². The number of nitrogens with zero attached hydrogens (tertiary/aromatic N) is 1. The molecule has 1 aliphatic rings. The minimum Gasteiger partial charge on any atom is -0.480 e. The Kier molecular flexibility index (Phi) is 4.74. The van der Waals surface area contributed by atoms with Gasteiger partial charge in [-0.25, -0.2) is 4.79 Å². The fourth-order valence-electron chi connectivity index (χ4n) is 2.55. The van der Waals surface area contributed by atoms with Crippen LogP contribution in [0, 0.1) is 0 Å². The second-order valence-corrected chi connectivity index (χ2v) is 5.07. The van der Waals surface area contributed by atoms with E-state index in [4.69, 9.17) is 5.11 Å². The maximum absolute atomic E-state index is 12.1. The van der Waals surface area contributed by atoms with E-state index in [0.717, 1.165) is 5.56 Å². The molecule has 0 bridgehead atoms. The maximum atomic E-state index is 12.1. The lowest BCUT2D eigenvalue weighted by Gasteiger charge is -2.24. The number of aliphatic hydroxyl groups excluding tert-OH is 1. The van der Waals surface area contributed by atoms with Gasteiger partial charge in [-0.2, -0.15) is 0 Å². The molecule has 1 amide bonds. The van der Waals surface area contributed by atoms with E-state index in [9.17, 15) is 14.7 Å². The first-order chi connectivity index (χ1) is 9.59. The third kappa shape index (κ3) is 3.36. The number of carboxylic acids is 1. The Hall–Kier alpha value is -1.88. The van der Waals surface area contributed by atoms with Crippen molar-refractivity contribution < 1.29 is 19.8 Å². The van der Waals surface area contributed by atoms with Crippen LogP contribution < -0.4 is 0 Å². The molecule has 1 aliphatic heterocycles. The highest BCUT2D eigenvalue weighted by molar-refractivity contribution is 5.86. The number of amides is 1. The molecule has 1 aromatic rings. The Morgan fingerprint density at radius 1 is 1.30 bits per heavy atom. The van der Waals surface area contributed by atoms with Crippen molar-refractivity contribution in [2.75, 3.05) is 6.54 Å². The summed E-state index contributed by atoms with van der Waals surface area (Å²) >= 11 is 0. The van der Waals surface area contributed by atoms with Gasteiger partial charge in [-0.1, -0.05) is 30.3 Å².